The molecular weight excluding hydrogens is 247 g/mol. The van der Waals surface area contributed by atoms with Gasteiger partial charge in [0.1, 0.15) is 12.1 Å². The van der Waals surface area contributed by atoms with Crippen molar-refractivity contribution >= 4 is 30.6 Å². The molecule has 1 aromatic heterocycles. The molecule has 1 aromatic rings. The molecule has 1 aliphatic carbocycles. The SMILES string of the molecule is Cl.Cl.NC1CCC(Nc2ccncn2)CC1. The number of nitrogens with one attached hydrogen (secondary N) is 1. The maximum absolute atomic E-state index is 5.84. The van der Waals surface area contributed by atoms with Gasteiger partial charge in [-0.3, -0.25) is 0 Å². The lowest BCUT2D eigenvalue weighted by Gasteiger charge is -2.27. The minimum absolute atomic E-state index is 0. The summed E-state index contributed by atoms with van der Waals surface area (Å²) in [5.74, 6) is 0.917. The third-order valence-corrected chi connectivity index (χ3v) is 2.71. The molecule has 0 saturated heterocycles. The number of halogens is 2. The zero-order chi connectivity index (χ0) is 9.80. The van der Waals surface area contributed by atoms with Crippen LogP contribution in [0.5, 0.6) is 0 Å². The van der Waals surface area contributed by atoms with Gasteiger partial charge in [-0.05, 0) is 31.7 Å². The van der Waals surface area contributed by atoms with E-state index in [9.17, 15) is 0 Å². The van der Waals surface area contributed by atoms with E-state index in [-0.39, 0.29) is 24.8 Å². The molecule has 4 nitrogen and oxygen atoms in total. The molecule has 0 atom stereocenters. The van der Waals surface area contributed by atoms with Crippen LogP contribution < -0.4 is 11.1 Å². The Morgan fingerprint density at radius 1 is 1.19 bits per heavy atom. The van der Waals surface area contributed by atoms with Crippen LogP contribution in [-0.4, -0.2) is 22.1 Å². The smallest absolute Gasteiger partial charge is 0.129 e. The van der Waals surface area contributed by atoms with E-state index in [1.54, 1.807) is 12.5 Å². The zero-order valence-corrected chi connectivity index (χ0v) is 10.6. The minimum atomic E-state index is 0. The highest BCUT2D eigenvalue weighted by Gasteiger charge is 2.18. The van der Waals surface area contributed by atoms with Gasteiger partial charge in [-0.25, -0.2) is 9.97 Å². The highest BCUT2D eigenvalue weighted by molar-refractivity contribution is 5.85. The normalized spacial score (nSPS) is 23.8. The van der Waals surface area contributed by atoms with E-state index in [1.165, 1.54) is 0 Å². The third-order valence-electron chi connectivity index (χ3n) is 2.71. The summed E-state index contributed by atoms with van der Waals surface area (Å²) in [6.45, 7) is 0. The summed E-state index contributed by atoms with van der Waals surface area (Å²) in [5, 5.41) is 3.39. The van der Waals surface area contributed by atoms with Gasteiger partial charge in [0.2, 0.25) is 0 Å². The molecule has 2 rings (SSSR count). The van der Waals surface area contributed by atoms with Crippen molar-refractivity contribution in [2.75, 3.05) is 5.32 Å². The Morgan fingerprint density at radius 2 is 1.88 bits per heavy atom. The Hall–Kier alpha value is -0.580. The van der Waals surface area contributed by atoms with Crippen molar-refractivity contribution in [3.05, 3.63) is 18.6 Å². The van der Waals surface area contributed by atoms with Crippen LogP contribution >= 0.6 is 24.8 Å². The maximum atomic E-state index is 5.84. The van der Waals surface area contributed by atoms with E-state index in [4.69, 9.17) is 5.73 Å². The monoisotopic (exact) mass is 264 g/mol. The molecule has 3 N–H and O–H groups in total. The van der Waals surface area contributed by atoms with Crippen LogP contribution in [0.15, 0.2) is 18.6 Å². The van der Waals surface area contributed by atoms with Gasteiger partial charge in [-0.1, -0.05) is 0 Å². The summed E-state index contributed by atoms with van der Waals surface area (Å²) in [4.78, 5) is 8.02. The Bertz CT molecular complexity index is 275. The number of hydrogen-bond acceptors (Lipinski definition) is 4. The molecule has 1 heterocycles. The van der Waals surface area contributed by atoms with E-state index in [0.29, 0.717) is 12.1 Å². The van der Waals surface area contributed by atoms with Gasteiger partial charge < -0.3 is 11.1 Å². The molecule has 0 spiro atoms. The summed E-state index contributed by atoms with van der Waals surface area (Å²) in [6.07, 6.45) is 7.84. The van der Waals surface area contributed by atoms with E-state index >= 15 is 0 Å². The topological polar surface area (TPSA) is 63.8 Å². The Kier molecular flexibility index (Phi) is 7.38. The summed E-state index contributed by atoms with van der Waals surface area (Å²) in [6, 6.07) is 2.83. The maximum Gasteiger partial charge on any atom is 0.129 e. The van der Waals surface area contributed by atoms with Crippen LogP contribution in [0, 0.1) is 0 Å². The second-order valence-electron chi connectivity index (χ2n) is 3.85. The fourth-order valence-electron chi connectivity index (χ4n) is 1.85. The van der Waals surface area contributed by atoms with E-state index in [2.05, 4.69) is 15.3 Å². The van der Waals surface area contributed by atoms with Crippen molar-refractivity contribution in [1.29, 1.82) is 0 Å². The number of anilines is 1. The average molecular weight is 265 g/mol. The van der Waals surface area contributed by atoms with E-state index in [0.717, 1.165) is 31.5 Å². The van der Waals surface area contributed by atoms with Crippen molar-refractivity contribution in [1.82, 2.24) is 9.97 Å². The number of nitrogens with two attached hydrogens (primary N) is 1. The first-order valence-electron chi connectivity index (χ1n) is 5.13. The van der Waals surface area contributed by atoms with E-state index in [1.807, 2.05) is 6.07 Å². The summed E-state index contributed by atoms with van der Waals surface area (Å²) in [5.41, 5.74) is 5.84. The van der Waals surface area contributed by atoms with Gasteiger partial charge in [0.25, 0.3) is 0 Å². The van der Waals surface area contributed by atoms with Gasteiger partial charge >= 0.3 is 0 Å². The second-order valence-corrected chi connectivity index (χ2v) is 3.85. The molecule has 92 valence electrons. The number of nitrogens with zero attached hydrogens (tertiary/aromatic N) is 2. The second kappa shape index (κ2) is 7.65. The van der Waals surface area contributed by atoms with Crippen molar-refractivity contribution in [3.63, 3.8) is 0 Å². The van der Waals surface area contributed by atoms with Crippen molar-refractivity contribution < 1.29 is 0 Å². The Labute approximate surface area is 108 Å². The fraction of sp³-hybridized carbons (Fsp3) is 0.600. The molecule has 6 heteroatoms. The van der Waals surface area contributed by atoms with Crippen molar-refractivity contribution in [3.8, 4) is 0 Å². The molecular formula is C10H18Cl2N4. The van der Waals surface area contributed by atoms with Gasteiger partial charge in [-0.15, -0.1) is 24.8 Å². The van der Waals surface area contributed by atoms with Crippen LogP contribution in [0.25, 0.3) is 0 Å². The largest absolute Gasteiger partial charge is 0.367 e. The highest BCUT2D eigenvalue weighted by Crippen LogP contribution is 2.19. The molecule has 0 aromatic carbocycles. The quantitative estimate of drug-likeness (QED) is 0.858. The van der Waals surface area contributed by atoms with Crippen molar-refractivity contribution in [2.45, 2.75) is 37.8 Å². The fourth-order valence-corrected chi connectivity index (χ4v) is 1.85. The third kappa shape index (κ3) is 4.51. The van der Waals surface area contributed by atoms with Crippen LogP contribution in [0.3, 0.4) is 0 Å². The van der Waals surface area contributed by atoms with Crippen LogP contribution in [0.4, 0.5) is 5.82 Å². The first kappa shape index (κ1) is 15.4. The average Bonchev–Trinajstić information content (AvgIpc) is 2.23. The number of rotatable bonds is 2. The molecule has 0 unspecified atom stereocenters. The lowest BCUT2D eigenvalue weighted by atomic mass is 9.92. The number of hydrogen-bond donors (Lipinski definition) is 2. The molecule has 0 bridgehead atoms. The van der Waals surface area contributed by atoms with Crippen LogP contribution in [0.2, 0.25) is 0 Å². The van der Waals surface area contributed by atoms with Gasteiger partial charge in [-0.2, -0.15) is 0 Å². The zero-order valence-electron chi connectivity index (χ0n) is 9.00. The molecule has 0 aliphatic heterocycles. The lowest BCUT2D eigenvalue weighted by molar-refractivity contribution is 0.410. The molecule has 0 radical (unpaired) electrons. The van der Waals surface area contributed by atoms with Crippen LogP contribution in [0.1, 0.15) is 25.7 Å². The van der Waals surface area contributed by atoms with Gasteiger partial charge in [0.15, 0.2) is 0 Å². The summed E-state index contributed by atoms with van der Waals surface area (Å²) < 4.78 is 0. The highest BCUT2D eigenvalue weighted by atomic mass is 35.5. The first-order valence-corrected chi connectivity index (χ1v) is 5.13. The lowest BCUT2D eigenvalue weighted by Crippen LogP contribution is -2.32. The Morgan fingerprint density at radius 3 is 2.44 bits per heavy atom. The van der Waals surface area contributed by atoms with Gasteiger partial charge in [0, 0.05) is 18.3 Å². The molecule has 1 fully saturated rings. The summed E-state index contributed by atoms with van der Waals surface area (Å²) in [7, 11) is 0. The number of aromatic nitrogens is 2. The standard InChI is InChI=1S/C10H16N4.2ClH/c11-8-1-3-9(4-2-8)14-10-5-6-12-7-13-10;;/h5-9H,1-4,11H2,(H,12,13,14);2*1H. The molecule has 1 saturated carbocycles. The van der Waals surface area contributed by atoms with Crippen LogP contribution in [-0.2, 0) is 0 Å². The minimum Gasteiger partial charge on any atom is -0.367 e. The predicted molar refractivity (Wildman–Crippen MR) is 70.4 cm³/mol. The molecule has 1 aliphatic rings. The van der Waals surface area contributed by atoms with Gasteiger partial charge in [0.05, 0.1) is 0 Å². The summed E-state index contributed by atoms with van der Waals surface area (Å²) >= 11 is 0. The van der Waals surface area contributed by atoms with Crippen molar-refractivity contribution in [2.24, 2.45) is 5.73 Å². The first-order chi connectivity index (χ1) is 6.84. The molecule has 16 heavy (non-hydrogen) atoms. The van der Waals surface area contributed by atoms with E-state index < -0.39 is 0 Å². The predicted octanol–water partition coefficient (Wildman–Crippen LogP) is 2.00. The Balaban J connectivity index is 0.00000112. The molecule has 0 amide bonds.